The summed E-state index contributed by atoms with van der Waals surface area (Å²) in [6, 6.07) is 0. The largest absolute Gasteiger partial charge is 1.00 e. The normalized spacial score (nSPS) is 11.3. The van der Waals surface area contributed by atoms with Gasteiger partial charge in [0.15, 0.2) is 12.4 Å². The molecule has 0 aromatic heterocycles. The minimum atomic E-state index is -1.49. The summed E-state index contributed by atoms with van der Waals surface area (Å²) in [6.45, 7) is 1.79. The van der Waals surface area contributed by atoms with E-state index in [2.05, 4.69) is 4.74 Å². The number of hydrogen-bond acceptors (Lipinski definition) is 4. The summed E-state index contributed by atoms with van der Waals surface area (Å²) >= 11 is 0. The maximum absolute atomic E-state index is 9.85. The monoisotopic (exact) mass is 170 g/mol. The van der Waals surface area contributed by atoms with Gasteiger partial charge in [0.05, 0.1) is 5.97 Å². The van der Waals surface area contributed by atoms with Gasteiger partial charge in [0, 0.05) is 6.61 Å². The quantitative estimate of drug-likeness (QED) is 0.242. The van der Waals surface area contributed by atoms with Gasteiger partial charge in [-0.2, -0.15) is 0 Å². The summed E-state index contributed by atoms with van der Waals surface area (Å²) in [6.07, 6.45) is -1.21. The summed E-state index contributed by atoms with van der Waals surface area (Å²) < 4.78 is 4.42. The van der Waals surface area contributed by atoms with Crippen LogP contribution >= 0.6 is 0 Å². The Morgan fingerprint density at radius 3 is 2.40 bits per heavy atom. The summed E-state index contributed by atoms with van der Waals surface area (Å²) in [5, 5.41) is 9.85. The molecule has 0 saturated carbocycles. The molecule has 4 nitrogen and oxygen atoms in total. The molecule has 0 N–H and O–H groups in total. The third kappa shape index (κ3) is 5.52. The van der Waals surface area contributed by atoms with Crippen molar-refractivity contribution in [3.63, 3.8) is 0 Å². The minimum absolute atomic E-state index is 0. The first-order valence-electron chi connectivity index (χ1n) is 2.50. The topological polar surface area (TPSA) is 66.4 Å². The van der Waals surface area contributed by atoms with Crippen molar-refractivity contribution in [1.82, 2.24) is 0 Å². The van der Waals surface area contributed by atoms with E-state index < -0.39 is 12.1 Å². The molecule has 0 heterocycles. The SMILES string of the molecule is CCOC(C=O)C(=O)[O-].[K+]. The number of carbonyl (C=O) groups is 2. The molecule has 10 heavy (non-hydrogen) atoms. The van der Waals surface area contributed by atoms with Gasteiger partial charge in [0.1, 0.15) is 0 Å². The fourth-order valence-corrected chi connectivity index (χ4v) is 0.342. The maximum atomic E-state index is 9.85. The Hall–Kier alpha value is 0.736. The molecule has 52 valence electrons. The first-order valence-corrected chi connectivity index (χ1v) is 2.50. The molecule has 0 rings (SSSR count). The second-order valence-electron chi connectivity index (χ2n) is 1.33. The average Bonchev–Trinajstić information content (AvgIpc) is 1.82. The van der Waals surface area contributed by atoms with Crippen LogP contribution in [-0.2, 0) is 14.3 Å². The molecule has 0 spiro atoms. The number of ether oxygens (including phenoxy) is 1. The number of hydrogen-bond donors (Lipinski definition) is 0. The van der Waals surface area contributed by atoms with E-state index in [1.165, 1.54) is 0 Å². The molecular formula is C5H7KO4. The first kappa shape index (κ1) is 13.3. The molecule has 0 aliphatic rings. The van der Waals surface area contributed by atoms with E-state index >= 15 is 0 Å². The van der Waals surface area contributed by atoms with Crippen molar-refractivity contribution in [2.75, 3.05) is 6.61 Å². The number of carboxylic acids is 1. The van der Waals surface area contributed by atoms with E-state index in [9.17, 15) is 14.7 Å². The zero-order chi connectivity index (χ0) is 7.28. The maximum Gasteiger partial charge on any atom is 1.00 e. The van der Waals surface area contributed by atoms with E-state index in [0.29, 0.717) is 0 Å². The molecular weight excluding hydrogens is 163 g/mol. The molecule has 0 bridgehead atoms. The summed E-state index contributed by atoms with van der Waals surface area (Å²) in [7, 11) is 0. The second-order valence-corrected chi connectivity index (χ2v) is 1.33. The standard InChI is InChI=1S/C5H8O4.K/c1-2-9-4(3-6)5(7)8;/h3-4H,2H2,1H3,(H,7,8);/q;+1/p-1. The van der Waals surface area contributed by atoms with Gasteiger partial charge in [-0.05, 0) is 6.92 Å². The van der Waals surface area contributed by atoms with E-state index in [-0.39, 0.29) is 64.3 Å². The van der Waals surface area contributed by atoms with Crippen LogP contribution in [0.3, 0.4) is 0 Å². The minimum Gasteiger partial charge on any atom is -0.547 e. The number of carboxylic acid groups (broad SMARTS) is 1. The molecule has 0 radical (unpaired) electrons. The van der Waals surface area contributed by atoms with Crippen molar-refractivity contribution in [2.45, 2.75) is 13.0 Å². The van der Waals surface area contributed by atoms with Crippen LogP contribution in [0.2, 0.25) is 0 Å². The first-order chi connectivity index (χ1) is 4.22. The molecule has 0 saturated heterocycles. The molecule has 5 heteroatoms. The fraction of sp³-hybridized carbons (Fsp3) is 0.600. The van der Waals surface area contributed by atoms with Gasteiger partial charge < -0.3 is 19.4 Å². The van der Waals surface area contributed by atoms with Crippen molar-refractivity contribution < 1.29 is 70.8 Å². The smallest absolute Gasteiger partial charge is 0.547 e. The van der Waals surface area contributed by atoms with Crippen molar-refractivity contribution in [2.24, 2.45) is 0 Å². The molecule has 0 amide bonds. The van der Waals surface area contributed by atoms with Crippen LogP contribution in [0.1, 0.15) is 6.92 Å². The van der Waals surface area contributed by atoms with E-state index in [0.717, 1.165) is 0 Å². The predicted octanol–water partition coefficient (Wildman–Crippen LogP) is -4.66. The Bertz CT molecular complexity index is 114. The van der Waals surface area contributed by atoms with Crippen LogP contribution in [0.4, 0.5) is 0 Å². The molecule has 0 fully saturated rings. The van der Waals surface area contributed by atoms with Crippen LogP contribution in [0.15, 0.2) is 0 Å². The van der Waals surface area contributed by atoms with Gasteiger partial charge >= 0.3 is 51.4 Å². The zero-order valence-corrected chi connectivity index (χ0v) is 9.12. The Kier molecular flexibility index (Phi) is 10.5. The van der Waals surface area contributed by atoms with Crippen LogP contribution in [0.25, 0.3) is 0 Å². The van der Waals surface area contributed by atoms with Crippen LogP contribution in [0, 0.1) is 0 Å². The molecule has 0 aliphatic heterocycles. The van der Waals surface area contributed by atoms with Crippen molar-refractivity contribution in [1.29, 1.82) is 0 Å². The molecule has 1 unspecified atom stereocenters. The van der Waals surface area contributed by atoms with Gasteiger partial charge in [-0.15, -0.1) is 0 Å². The van der Waals surface area contributed by atoms with E-state index in [1.54, 1.807) is 6.92 Å². The van der Waals surface area contributed by atoms with Gasteiger partial charge in [-0.3, -0.25) is 0 Å². The van der Waals surface area contributed by atoms with E-state index in [1.807, 2.05) is 0 Å². The summed E-state index contributed by atoms with van der Waals surface area (Å²) in [5.74, 6) is -1.49. The van der Waals surface area contributed by atoms with Gasteiger partial charge in [0.2, 0.25) is 0 Å². The van der Waals surface area contributed by atoms with Gasteiger partial charge in [-0.1, -0.05) is 0 Å². The Morgan fingerprint density at radius 2 is 2.30 bits per heavy atom. The Balaban J connectivity index is 0. The summed E-state index contributed by atoms with van der Waals surface area (Å²) in [5.41, 5.74) is 0. The number of rotatable bonds is 4. The molecule has 1 atom stereocenters. The third-order valence-corrected chi connectivity index (χ3v) is 0.702. The van der Waals surface area contributed by atoms with Crippen LogP contribution in [-0.4, -0.2) is 25.0 Å². The number of carbonyl (C=O) groups excluding carboxylic acids is 2. The van der Waals surface area contributed by atoms with E-state index in [4.69, 9.17) is 0 Å². The third-order valence-electron chi connectivity index (χ3n) is 0.702. The zero-order valence-electron chi connectivity index (χ0n) is 5.99. The van der Waals surface area contributed by atoms with Crippen molar-refractivity contribution in [3.8, 4) is 0 Å². The Labute approximate surface area is 101 Å². The second kappa shape index (κ2) is 7.84. The average molecular weight is 170 g/mol. The van der Waals surface area contributed by atoms with Crippen molar-refractivity contribution in [3.05, 3.63) is 0 Å². The molecule has 0 aromatic carbocycles. The van der Waals surface area contributed by atoms with Crippen molar-refractivity contribution >= 4 is 12.3 Å². The fourth-order valence-electron chi connectivity index (χ4n) is 0.342. The van der Waals surface area contributed by atoms with Crippen LogP contribution < -0.4 is 56.5 Å². The summed E-state index contributed by atoms with van der Waals surface area (Å²) in [4.78, 5) is 19.6. The predicted molar refractivity (Wildman–Crippen MR) is 26.5 cm³/mol. The molecule has 0 aromatic rings. The number of aliphatic carboxylic acids is 1. The Morgan fingerprint density at radius 1 is 1.80 bits per heavy atom. The molecule has 0 aliphatic carbocycles. The van der Waals surface area contributed by atoms with Crippen LogP contribution in [0.5, 0.6) is 0 Å². The number of aldehydes is 1. The van der Waals surface area contributed by atoms with Gasteiger partial charge in [-0.25, -0.2) is 0 Å². The van der Waals surface area contributed by atoms with Gasteiger partial charge in [0.25, 0.3) is 0 Å².